The Balaban J connectivity index is 1.81. The van der Waals surface area contributed by atoms with E-state index in [1.54, 1.807) is 42.5 Å². The number of rotatable bonds is 3. The molecule has 0 aromatic heterocycles. The lowest BCUT2D eigenvalue weighted by Gasteiger charge is -2.20. The van der Waals surface area contributed by atoms with E-state index in [0.29, 0.717) is 10.8 Å². The van der Waals surface area contributed by atoms with Crippen molar-refractivity contribution in [3.63, 3.8) is 0 Å². The molecule has 40 heavy (non-hydrogen) atoms. The van der Waals surface area contributed by atoms with Crippen LogP contribution in [0.5, 0.6) is 0 Å². The summed E-state index contributed by atoms with van der Waals surface area (Å²) in [6, 6.07) is -2.90. The molecule has 8 aromatic rings. The van der Waals surface area contributed by atoms with Crippen LogP contribution in [0.25, 0.3) is 76.5 Å². The smallest absolute Gasteiger partial charge is 0.0616 e. The Hall–Kier alpha value is -5.20. The van der Waals surface area contributed by atoms with Gasteiger partial charge in [-0.2, -0.15) is 0 Å². The van der Waals surface area contributed by atoms with Crippen LogP contribution in [0.3, 0.4) is 0 Å². The molecule has 8 aromatic carbocycles. The summed E-state index contributed by atoms with van der Waals surface area (Å²) < 4.78 is 171. The number of benzene rings is 8. The van der Waals surface area contributed by atoms with Crippen LogP contribution in [0.15, 0.2) is 157 Å². The second-order valence-electron chi connectivity index (χ2n) is 9.03. The van der Waals surface area contributed by atoms with E-state index in [4.69, 9.17) is 16.4 Å². The third kappa shape index (κ3) is 3.47. The van der Waals surface area contributed by atoms with Crippen molar-refractivity contribution in [2.24, 2.45) is 0 Å². The van der Waals surface area contributed by atoms with Gasteiger partial charge in [0, 0.05) is 0 Å². The maximum atomic E-state index is 9.43. The zero-order valence-electron chi connectivity index (χ0n) is 39.5. The molecule has 0 heterocycles. The summed E-state index contributed by atoms with van der Waals surface area (Å²) in [6.07, 6.45) is 0. The van der Waals surface area contributed by atoms with Crippen molar-refractivity contribution in [1.29, 1.82) is 0 Å². The zero-order valence-corrected chi connectivity index (χ0v) is 20.5. The molecule has 0 saturated carbocycles. The summed E-state index contributed by atoms with van der Waals surface area (Å²) in [5.74, 6) is 0. The van der Waals surface area contributed by atoms with E-state index in [1.807, 2.05) is 0 Å². The molecule has 0 aliphatic carbocycles. The molecule has 0 saturated heterocycles. The molecule has 0 fully saturated rings. The highest BCUT2D eigenvalue weighted by molar-refractivity contribution is 6.24. The summed E-state index contributed by atoms with van der Waals surface area (Å²) in [5, 5.41) is -1.90. The van der Waals surface area contributed by atoms with Gasteiger partial charge in [-0.3, -0.25) is 0 Å². The fourth-order valence-electron chi connectivity index (χ4n) is 5.27. The Labute approximate surface area is 260 Å². The molecule has 0 unspecified atom stereocenters. The van der Waals surface area contributed by atoms with Gasteiger partial charge in [0.05, 0.1) is 26.0 Å². The lowest BCUT2D eigenvalue weighted by Crippen LogP contribution is -1.93. The quantitative estimate of drug-likeness (QED) is 0.201. The van der Waals surface area contributed by atoms with Gasteiger partial charge in [-0.1, -0.05) is 157 Å². The van der Waals surface area contributed by atoms with Crippen molar-refractivity contribution in [1.82, 2.24) is 0 Å². The monoisotopic (exact) mass is 525 g/mol. The van der Waals surface area contributed by atoms with Gasteiger partial charge in [0.15, 0.2) is 0 Å². The van der Waals surface area contributed by atoms with Crippen LogP contribution >= 0.6 is 0 Å². The van der Waals surface area contributed by atoms with Gasteiger partial charge in [-0.05, 0) is 76.5 Å². The van der Waals surface area contributed by atoms with E-state index < -0.39 is 164 Å². The topological polar surface area (TPSA) is 0 Å². The summed E-state index contributed by atoms with van der Waals surface area (Å²) >= 11 is 0. The largest absolute Gasteiger partial charge is 0.0629 e. The Kier molecular flexibility index (Phi) is 2.48. The summed E-state index contributed by atoms with van der Waals surface area (Å²) in [6.45, 7) is 0. The number of hydrogen-bond acceptors (Lipinski definition) is 0. The van der Waals surface area contributed by atoms with E-state index in [-0.39, 0.29) is 16.7 Å². The minimum atomic E-state index is -0.847. The predicted octanol–water partition coefficient (Wildman–Crippen LogP) is 11.3. The van der Waals surface area contributed by atoms with E-state index in [2.05, 4.69) is 0 Å². The van der Waals surface area contributed by atoms with E-state index >= 15 is 0 Å². The highest BCUT2D eigenvalue weighted by Gasteiger charge is 2.20. The van der Waals surface area contributed by atoms with Crippen LogP contribution < -0.4 is 0 Å². The highest BCUT2D eigenvalue weighted by atomic mass is 14.2. The summed E-state index contributed by atoms with van der Waals surface area (Å²) in [7, 11) is 0. The van der Waals surface area contributed by atoms with Crippen LogP contribution in [-0.2, 0) is 0 Å². The van der Waals surface area contributed by atoms with Crippen molar-refractivity contribution in [2.45, 2.75) is 0 Å². The molecule has 0 aliphatic heterocycles. The van der Waals surface area contributed by atoms with Gasteiger partial charge in [-0.25, -0.2) is 0 Å². The Morgan fingerprint density at radius 1 is 0.300 bits per heavy atom. The molecule has 186 valence electrons. The SMILES string of the molecule is [2H]c1c([2H])c([2H])c(-c2c3c([2H])c([2H])c([2H])c([2H])c3c(-c3c([2H])c([2H])c([2H])c4c([2H])c([2H])c([2H])c([2H])c34)c3c([2H])c([2H])c([2H])c([2H])c23)c(-c2cccc3ccccc23)c1[2H]. The molecule has 0 heteroatoms. The van der Waals surface area contributed by atoms with Gasteiger partial charge >= 0.3 is 0 Å². The molecule has 0 radical (unpaired) electrons. The minimum absolute atomic E-state index is 0.157. The van der Waals surface area contributed by atoms with Gasteiger partial charge in [0.1, 0.15) is 0 Å². The molecule has 0 bridgehead atoms. The first-order valence-corrected chi connectivity index (χ1v) is 12.3. The maximum absolute atomic E-state index is 9.43. The van der Waals surface area contributed by atoms with Crippen LogP contribution in [-0.4, -0.2) is 0 Å². The first-order valence-electron chi connectivity index (χ1n) is 21.8. The highest BCUT2D eigenvalue weighted by Crippen LogP contribution is 2.47. The molecule has 0 amide bonds. The summed E-state index contributed by atoms with van der Waals surface area (Å²) in [5.41, 5.74) is -1.79. The molecular weight excluding hydrogens is 480 g/mol. The van der Waals surface area contributed by atoms with Crippen molar-refractivity contribution in [3.05, 3.63) is 157 Å². The molecule has 0 N–H and O–H groups in total. The third-order valence-electron chi connectivity index (χ3n) is 6.93. The normalized spacial score (nSPS) is 18.1. The van der Waals surface area contributed by atoms with Crippen LogP contribution in [0.2, 0.25) is 0 Å². The first-order chi connectivity index (χ1) is 27.8. The van der Waals surface area contributed by atoms with E-state index in [9.17, 15) is 9.60 Å². The maximum Gasteiger partial charge on any atom is 0.0629 e. The number of hydrogen-bond donors (Lipinski definition) is 0. The van der Waals surface area contributed by atoms with Gasteiger partial charge < -0.3 is 0 Å². The zero-order chi connectivity index (χ0) is 43.0. The van der Waals surface area contributed by atoms with Crippen molar-refractivity contribution < 1.29 is 26.0 Å². The van der Waals surface area contributed by atoms with E-state index in [1.165, 1.54) is 0 Å². The fourth-order valence-corrected chi connectivity index (χ4v) is 5.27. The average Bonchev–Trinajstić information content (AvgIpc) is 3.23. The van der Waals surface area contributed by atoms with Crippen LogP contribution in [0.4, 0.5) is 0 Å². The average molecular weight is 526 g/mol. The Morgan fingerprint density at radius 2 is 0.800 bits per heavy atom. The Bertz CT molecular complexity index is 3170. The Morgan fingerprint density at radius 3 is 1.52 bits per heavy atom. The first kappa shape index (κ1) is 10.8. The molecular formula is C40H26. The second-order valence-corrected chi connectivity index (χ2v) is 9.03. The third-order valence-corrected chi connectivity index (χ3v) is 6.93. The van der Waals surface area contributed by atoms with Gasteiger partial charge in [-0.15, -0.1) is 0 Å². The summed E-state index contributed by atoms with van der Waals surface area (Å²) in [4.78, 5) is 0. The van der Waals surface area contributed by atoms with Crippen LogP contribution in [0.1, 0.15) is 26.0 Å². The molecule has 0 nitrogen and oxygen atoms in total. The predicted molar refractivity (Wildman–Crippen MR) is 173 cm³/mol. The second kappa shape index (κ2) is 9.22. The molecule has 0 spiro atoms. The van der Waals surface area contributed by atoms with Crippen molar-refractivity contribution in [2.75, 3.05) is 0 Å². The standard InChI is InChI=1S/C40H26/c1-3-17-29-27(13-1)15-11-25-31(29)32-19-5-6-20-34(32)40-37-23-9-7-21-35(37)39(36-22-8-10-24-38(36)40)33-26-12-16-28-14-2-4-18-30(28)33/h1-26H/i2D,4D,5D,6D,7D,8D,9D,10D,12D,14D,16D,18D,19D,20D,21D,22D,23D,24D,26D. The molecule has 8 rings (SSSR count). The van der Waals surface area contributed by atoms with Crippen molar-refractivity contribution >= 4 is 43.1 Å². The lowest BCUT2D eigenvalue weighted by atomic mass is 9.82. The fraction of sp³-hybridized carbons (Fsp3) is 0. The van der Waals surface area contributed by atoms with E-state index in [0.717, 1.165) is 0 Å². The number of fused-ring (bicyclic) bond motifs is 4. The lowest BCUT2D eigenvalue weighted by molar-refractivity contribution is 1.63. The van der Waals surface area contributed by atoms with Gasteiger partial charge in [0.2, 0.25) is 0 Å². The minimum Gasteiger partial charge on any atom is -0.0616 e. The van der Waals surface area contributed by atoms with Crippen LogP contribution in [0, 0.1) is 0 Å². The molecule has 0 atom stereocenters. The van der Waals surface area contributed by atoms with Gasteiger partial charge in [0.25, 0.3) is 0 Å². The molecule has 0 aliphatic rings. The van der Waals surface area contributed by atoms with Crippen molar-refractivity contribution in [3.8, 4) is 33.4 Å².